The maximum Gasteiger partial charge on any atom is 0.254 e. The third-order valence-electron chi connectivity index (χ3n) is 10.2. The molecular formula is C43H69N2+. The lowest BCUT2D eigenvalue weighted by atomic mass is 9.83. The number of nitrogens with zero attached hydrogens (tertiary/aromatic N) is 2. The number of hydrogen-bond donors (Lipinski definition) is 0. The van der Waals surface area contributed by atoms with Crippen LogP contribution in [0.2, 0.25) is 0 Å². The highest BCUT2D eigenvalue weighted by molar-refractivity contribution is 5.52. The Morgan fingerprint density at radius 1 is 0.467 bits per heavy atom. The van der Waals surface area contributed by atoms with E-state index in [-0.39, 0.29) is 0 Å². The minimum absolute atomic E-state index is 0.606. The Kier molecular flexibility index (Phi) is 16.5. The summed E-state index contributed by atoms with van der Waals surface area (Å²) >= 11 is 0. The molecule has 0 unspecified atom stereocenters. The summed E-state index contributed by atoms with van der Waals surface area (Å²) in [7, 11) is 0. The van der Waals surface area contributed by atoms with Gasteiger partial charge < -0.3 is 0 Å². The van der Waals surface area contributed by atoms with Gasteiger partial charge in [0.1, 0.15) is 23.8 Å². The molecular weight excluding hydrogens is 544 g/mol. The third-order valence-corrected chi connectivity index (χ3v) is 10.2. The van der Waals surface area contributed by atoms with Gasteiger partial charge in [-0.3, -0.25) is 0 Å². The van der Waals surface area contributed by atoms with Crippen molar-refractivity contribution in [2.75, 3.05) is 0 Å². The van der Waals surface area contributed by atoms with Gasteiger partial charge in [-0.2, -0.15) is 0 Å². The Morgan fingerprint density at radius 2 is 0.778 bits per heavy atom. The van der Waals surface area contributed by atoms with Crippen molar-refractivity contribution in [3.8, 4) is 11.4 Å². The molecule has 0 bridgehead atoms. The molecule has 0 amide bonds. The van der Waals surface area contributed by atoms with Gasteiger partial charge in [-0.05, 0) is 75.0 Å². The second-order valence-corrected chi connectivity index (χ2v) is 13.9. The van der Waals surface area contributed by atoms with Crippen molar-refractivity contribution in [3.05, 3.63) is 77.4 Å². The molecule has 3 rings (SSSR count). The molecule has 1 heterocycles. The number of hydrogen-bond acceptors (Lipinski definition) is 0. The SMILES string of the molecule is CCCC(CCC)c1cccc(C(CCC)CCC)c1-n1cc[n+](-c2c(C(CCC)CCC)cccc2C(CCC)CCC)c1. The van der Waals surface area contributed by atoms with Gasteiger partial charge in [0.15, 0.2) is 0 Å². The molecule has 0 spiro atoms. The largest absolute Gasteiger partial charge is 0.254 e. The van der Waals surface area contributed by atoms with Gasteiger partial charge in [0.25, 0.3) is 6.33 Å². The fourth-order valence-corrected chi connectivity index (χ4v) is 8.30. The second kappa shape index (κ2) is 20.0. The van der Waals surface area contributed by atoms with E-state index in [2.05, 4.69) is 120 Å². The van der Waals surface area contributed by atoms with Crippen LogP contribution in [0.15, 0.2) is 55.1 Å². The first-order valence-corrected chi connectivity index (χ1v) is 19.4. The predicted molar refractivity (Wildman–Crippen MR) is 198 cm³/mol. The van der Waals surface area contributed by atoms with Crippen LogP contribution in [0.3, 0.4) is 0 Å². The van der Waals surface area contributed by atoms with Crippen LogP contribution in [0.5, 0.6) is 0 Å². The summed E-state index contributed by atoms with van der Waals surface area (Å²) in [5.41, 5.74) is 9.21. The highest BCUT2D eigenvalue weighted by Crippen LogP contribution is 2.40. The quantitative estimate of drug-likeness (QED) is 0.0997. The van der Waals surface area contributed by atoms with Crippen molar-refractivity contribution in [2.45, 2.75) is 182 Å². The van der Waals surface area contributed by atoms with E-state index in [1.807, 2.05) is 0 Å². The first-order chi connectivity index (χ1) is 22.0. The average molecular weight is 614 g/mol. The van der Waals surface area contributed by atoms with Gasteiger partial charge in [-0.15, -0.1) is 0 Å². The summed E-state index contributed by atoms with van der Waals surface area (Å²) in [6.07, 6.45) is 27.2. The lowest BCUT2D eigenvalue weighted by molar-refractivity contribution is -0.596. The van der Waals surface area contributed by atoms with Crippen LogP contribution >= 0.6 is 0 Å². The zero-order valence-electron chi connectivity index (χ0n) is 30.7. The van der Waals surface area contributed by atoms with E-state index in [4.69, 9.17) is 0 Å². The Hall–Kier alpha value is -2.35. The third kappa shape index (κ3) is 9.59. The Labute approximate surface area is 279 Å². The predicted octanol–water partition coefficient (Wildman–Crippen LogP) is 13.5. The number of para-hydroxylation sites is 2. The molecule has 2 heteroatoms. The summed E-state index contributed by atoms with van der Waals surface area (Å²) in [4.78, 5) is 0. The van der Waals surface area contributed by atoms with Crippen LogP contribution in [0.1, 0.15) is 204 Å². The van der Waals surface area contributed by atoms with Gasteiger partial charge in [0.2, 0.25) is 0 Å². The van der Waals surface area contributed by atoms with Gasteiger partial charge in [-0.25, -0.2) is 9.13 Å². The summed E-state index contributed by atoms with van der Waals surface area (Å²) in [5.74, 6) is 2.42. The van der Waals surface area contributed by atoms with E-state index in [0.717, 1.165) is 0 Å². The molecule has 0 aliphatic heterocycles. The Balaban J connectivity index is 2.33. The van der Waals surface area contributed by atoms with E-state index in [9.17, 15) is 0 Å². The molecule has 2 aromatic carbocycles. The fraction of sp³-hybridized carbons (Fsp3) is 0.651. The van der Waals surface area contributed by atoms with Gasteiger partial charge in [0.05, 0.1) is 0 Å². The summed E-state index contributed by atoms with van der Waals surface area (Å²) in [6, 6.07) is 14.6. The molecule has 0 N–H and O–H groups in total. The molecule has 0 aliphatic rings. The van der Waals surface area contributed by atoms with Crippen molar-refractivity contribution in [1.29, 1.82) is 0 Å². The minimum atomic E-state index is 0.606. The fourth-order valence-electron chi connectivity index (χ4n) is 8.30. The lowest BCUT2D eigenvalue weighted by Gasteiger charge is -2.24. The summed E-state index contributed by atoms with van der Waals surface area (Å²) < 4.78 is 5.07. The van der Waals surface area contributed by atoms with Crippen molar-refractivity contribution < 1.29 is 4.57 Å². The van der Waals surface area contributed by atoms with Crippen LogP contribution in [0.4, 0.5) is 0 Å². The monoisotopic (exact) mass is 614 g/mol. The van der Waals surface area contributed by atoms with Crippen LogP contribution in [-0.4, -0.2) is 4.57 Å². The topological polar surface area (TPSA) is 8.81 Å². The molecule has 0 saturated carbocycles. The second-order valence-electron chi connectivity index (χ2n) is 13.9. The normalized spacial score (nSPS) is 12.0. The molecule has 250 valence electrons. The standard InChI is InChI=1S/C43H69N2/c1-9-19-34(20-10-2)38-27-17-28-39(35(21-11-3)22-12-4)42(38)44-31-32-45(33-44)43-40(36(23-13-5)24-14-6)29-18-30-41(43)37(25-15-7)26-16-8/h17-18,27-37H,9-16,19-26H2,1-8H3/q+1. The number of benzene rings is 2. The summed E-state index contributed by atoms with van der Waals surface area (Å²) in [5, 5.41) is 0. The van der Waals surface area contributed by atoms with Gasteiger partial charge in [-0.1, -0.05) is 143 Å². The maximum absolute atomic E-state index is 2.53. The van der Waals surface area contributed by atoms with Crippen molar-refractivity contribution >= 4 is 0 Å². The van der Waals surface area contributed by atoms with Crippen molar-refractivity contribution in [1.82, 2.24) is 4.57 Å². The first-order valence-electron chi connectivity index (χ1n) is 19.4. The number of aromatic nitrogens is 2. The van der Waals surface area contributed by atoms with E-state index < -0.39 is 0 Å². The van der Waals surface area contributed by atoms with E-state index >= 15 is 0 Å². The molecule has 3 aromatic rings. The molecule has 0 fully saturated rings. The smallest absolute Gasteiger partial charge is 0.201 e. The Bertz CT molecular complexity index is 1050. The van der Waals surface area contributed by atoms with Crippen molar-refractivity contribution in [2.24, 2.45) is 0 Å². The van der Waals surface area contributed by atoms with Crippen molar-refractivity contribution in [3.63, 3.8) is 0 Å². The number of imidazole rings is 1. The van der Waals surface area contributed by atoms with Gasteiger partial charge in [0, 0.05) is 22.3 Å². The highest BCUT2D eigenvalue weighted by Gasteiger charge is 2.29. The average Bonchev–Trinajstić information content (AvgIpc) is 3.53. The van der Waals surface area contributed by atoms with Crippen LogP contribution in [0.25, 0.3) is 11.4 Å². The molecule has 1 aromatic heterocycles. The molecule has 0 radical (unpaired) electrons. The van der Waals surface area contributed by atoms with E-state index in [1.165, 1.54) is 114 Å². The molecule has 0 aliphatic carbocycles. The van der Waals surface area contributed by atoms with Gasteiger partial charge >= 0.3 is 0 Å². The zero-order chi connectivity index (χ0) is 32.6. The lowest BCUT2D eigenvalue weighted by Crippen LogP contribution is -2.32. The van der Waals surface area contributed by atoms with Crippen LogP contribution in [-0.2, 0) is 0 Å². The number of rotatable bonds is 22. The highest BCUT2D eigenvalue weighted by atomic mass is 15.1. The minimum Gasteiger partial charge on any atom is -0.201 e. The van der Waals surface area contributed by atoms with E-state index in [1.54, 1.807) is 22.3 Å². The first kappa shape index (κ1) is 37.1. The molecule has 2 nitrogen and oxygen atoms in total. The van der Waals surface area contributed by atoms with Crippen LogP contribution in [0, 0.1) is 0 Å². The van der Waals surface area contributed by atoms with Crippen LogP contribution < -0.4 is 4.57 Å². The molecule has 0 atom stereocenters. The zero-order valence-corrected chi connectivity index (χ0v) is 30.7. The molecule has 45 heavy (non-hydrogen) atoms. The maximum atomic E-state index is 2.53. The van der Waals surface area contributed by atoms with E-state index in [0.29, 0.717) is 23.7 Å². The molecule has 0 saturated heterocycles. The Morgan fingerprint density at radius 3 is 1.11 bits per heavy atom. The summed E-state index contributed by atoms with van der Waals surface area (Å²) in [6.45, 7) is 18.9.